The van der Waals surface area contributed by atoms with Crippen LogP contribution in [0.3, 0.4) is 0 Å². The van der Waals surface area contributed by atoms with Gasteiger partial charge in [-0.15, -0.1) is 0 Å². The van der Waals surface area contributed by atoms with E-state index in [1.807, 2.05) is 18.2 Å². The number of methoxy groups -OCH3 is 1. The van der Waals surface area contributed by atoms with E-state index in [-0.39, 0.29) is 6.61 Å². The molecule has 3 aromatic rings. The number of anilines is 1. The Morgan fingerprint density at radius 3 is 2.32 bits per heavy atom. The van der Waals surface area contributed by atoms with Gasteiger partial charge in [-0.25, -0.2) is 14.0 Å². The number of benzene rings is 3. The lowest BCUT2D eigenvalue weighted by Gasteiger charge is -2.28. The first-order valence-electron chi connectivity index (χ1n) is 10.7. The van der Waals surface area contributed by atoms with Crippen molar-refractivity contribution in [3.05, 3.63) is 90.2 Å². The molecule has 34 heavy (non-hydrogen) atoms. The molecule has 1 amide bonds. The minimum atomic E-state index is -0.813. The van der Waals surface area contributed by atoms with Gasteiger partial charge in [-0.2, -0.15) is 0 Å². The second kappa shape index (κ2) is 10.2. The van der Waals surface area contributed by atoms with Crippen molar-refractivity contribution in [2.45, 2.75) is 25.2 Å². The molecule has 3 atom stereocenters. The molecule has 1 fully saturated rings. The average Bonchev–Trinajstić information content (AvgIpc) is 3.21. The number of rotatable bonds is 8. The molecular formula is C26H24FNO6. The maximum Gasteiger partial charge on any atom is 0.415 e. The quantitative estimate of drug-likeness (QED) is 0.440. The van der Waals surface area contributed by atoms with Crippen LogP contribution >= 0.6 is 0 Å². The van der Waals surface area contributed by atoms with E-state index in [2.05, 4.69) is 0 Å². The summed E-state index contributed by atoms with van der Waals surface area (Å²) >= 11 is 0. The number of carbonyl (C=O) groups excluding carboxylic acids is 2. The number of amides is 1. The van der Waals surface area contributed by atoms with Crippen LogP contribution in [0.1, 0.15) is 18.5 Å². The van der Waals surface area contributed by atoms with Crippen molar-refractivity contribution in [3.63, 3.8) is 0 Å². The van der Waals surface area contributed by atoms with E-state index in [9.17, 15) is 14.0 Å². The van der Waals surface area contributed by atoms with Crippen LogP contribution in [-0.2, 0) is 14.3 Å². The summed E-state index contributed by atoms with van der Waals surface area (Å²) in [4.78, 5) is 26.7. The summed E-state index contributed by atoms with van der Waals surface area (Å²) in [6, 6.07) is 21.0. The molecule has 4 rings (SSSR count). The molecule has 0 aliphatic carbocycles. The van der Waals surface area contributed by atoms with E-state index < -0.39 is 36.1 Å². The average molecular weight is 465 g/mol. The van der Waals surface area contributed by atoms with Crippen LogP contribution in [0.15, 0.2) is 78.9 Å². The highest BCUT2D eigenvalue weighted by atomic mass is 19.1. The van der Waals surface area contributed by atoms with Crippen molar-refractivity contribution in [1.82, 2.24) is 0 Å². The molecule has 8 heteroatoms. The first-order chi connectivity index (χ1) is 16.5. The number of halogens is 1. The Labute approximate surface area is 196 Å². The lowest BCUT2D eigenvalue weighted by Crippen LogP contribution is -2.37. The van der Waals surface area contributed by atoms with Gasteiger partial charge < -0.3 is 18.9 Å². The number of nitrogens with zero attached hydrogens (tertiary/aromatic N) is 1. The maximum atomic E-state index is 13.5. The predicted octanol–water partition coefficient (Wildman–Crippen LogP) is 4.91. The number of esters is 1. The van der Waals surface area contributed by atoms with Gasteiger partial charge in [0.05, 0.1) is 7.11 Å². The minimum Gasteiger partial charge on any atom is -0.497 e. The summed E-state index contributed by atoms with van der Waals surface area (Å²) in [5.41, 5.74) is 1.20. The molecule has 176 valence electrons. The van der Waals surface area contributed by atoms with E-state index in [0.29, 0.717) is 17.2 Å². The van der Waals surface area contributed by atoms with Gasteiger partial charge in [-0.3, -0.25) is 4.90 Å². The summed E-state index contributed by atoms with van der Waals surface area (Å²) in [5, 5.41) is 0. The minimum absolute atomic E-state index is 0.288. The van der Waals surface area contributed by atoms with Crippen molar-refractivity contribution in [3.8, 4) is 11.5 Å². The molecule has 1 saturated heterocycles. The van der Waals surface area contributed by atoms with Crippen LogP contribution in [-0.4, -0.2) is 38.0 Å². The largest absolute Gasteiger partial charge is 0.497 e. The molecular weight excluding hydrogens is 441 g/mol. The Morgan fingerprint density at radius 2 is 1.68 bits per heavy atom. The third-order valence-corrected chi connectivity index (χ3v) is 5.46. The van der Waals surface area contributed by atoms with Gasteiger partial charge in [-0.1, -0.05) is 30.3 Å². The Bertz CT molecular complexity index is 1120. The van der Waals surface area contributed by atoms with Gasteiger partial charge in [-0.05, 0) is 61.0 Å². The van der Waals surface area contributed by atoms with Crippen molar-refractivity contribution in [2.24, 2.45) is 0 Å². The summed E-state index contributed by atoms with van der Waals surface area (Å²) in [7, 11) is 1.56. The van der Waals surface area contributed by atoms with Crippen LogP contribution in [0.5, 0.6) is 11.5 Å². The number of hydrogen-bond acceptors (Lipinski definition) is 6. The molecule has 0 saturated carbocycles. The fourth-order valence-electron chi connectivity index (χ4n) is 3.83. The van der Waals surface area contributed by atoms with Gasteiger partial charge >= 0.3 is 12.1 Å². The molecule has 0 spiro atoms. The molecule has 1 aliphatic heterocycles. The molecule has 3 aromatic carbocycles. The third-order valence-electron chi connectivity index (χ3n) is 5.46. The summed E-state index contributed by atoms with van der Waals surface area (Å²) < 4.78 is 35.4. The van der Waals surface area contributed by atoms with E-state index in [1.54, 1.807) is 50.4 Å². The topological polar surface area (TPSA) is 74.3 Å². The normalized spacial score (nSPS) is 18.2. The highest BCUT2D eigenvalue weighted by Gasteiger charge is 2.47. The summed E-state index contributed by atoms with van der Waals surface area (Å²) in [6.07, 6.45) is -2.22. The van der Waals surface area contributed by atoms with Crippen molar-refractivity contribution < 1.29 is 32.9 Å². The monoisotopic (exact) mass is 465 g/mol. The van der Waals surface area contributed by atoms with Gasteiger partial charge in [0.15, 0.2) is 12.7 Å². The van der Waals surface area contributed by atoms with Crippen molar-refractivity contribution in [2.75, 3.05) is 18.6 Å². The lowest BCUT2D eigenvalue weighted by atomic mass is 9.97. The van der Waals surface area contributed by atoms with E-state index in [1.165, 1.54) is 29.2 Å². The maximum absolute atomic E-state index is 13.5. The van der Waals surface area contributed by atoms with Crippen LogP contribution in [0, 0.1) is 5.82 Å². The molecule has 7 nitrogen and oxygen atoms in total. The van der Waals surface area contributed by atoms with Crippen LogP contribution in [0.25, 0.3) is 0 Å². The first-order valence-corrected chi connectivity index (χ1v) is 10.7. The van der Waals surface area contributed by atoms with E-state index >= 15 is 0 Å². The first kappa shape index (κ1) is 23.1. The highest BCUT2D eigenvalue weighted by Crippen LogP contribution is 2.40. The fourth-order valence-corrected chi connectivity index (χ4v) is 3.83. The highest BCUT2D eigenvalue weighted by molar-refractivity contribution is 5.91. The second-order valence-electron chi connectivity index (χ2n) is 7.71. The number of carbonyl (C=O) groups is 2. The molecule has 0 bridgehead atoms. The van der Waals surface area contributed by atoms with Crippen LogP contribution < -0.4 is 14.4 Å². The van der Waals surface area contributed by atoms with E-state index in [4.69, 9.17) is 18.9 Å². The smallest absolute Gasteiger partial charge is 0.415 e. The molecule has 0 radical (unpaired) electrons. The van der Waals surface area contributed by atoms with E-state index in [0.717, 1.165) is 5.56 Å². The Morgan fingerprint density at radius 1 is 1.00 bits per heavy atom. The lowest BCUT2D eigenvalue weighted by molar-refractivity contribution is -0.155. The molecule has 1 aliphatic rings. The van der Waals surface area contributed by atoms with Gasteiger partial charge in [0.25, 0.3) is 0 Å². The third kappa shape index (κ3) is 5.11. The molecule has 0 N–H and O–H groups in total. The Balaban J connectivity index is 1.55. The van der Waals surface area contributed by atoms with Crippen molar-refractivity contribution >= 4 is 17.7 Å². The number of hydrogen-bond donors (Lipinski definition) is 0. The van der Waals surface area contributed by atoms with Gasteiger partial charge in [0.1, 0.15) is 29.5 Å². The Hall–Kier alpha value is -4.07. The zero-order valence-corrected chi connectivity index (χ0v) is 18.7. The molecule has 1 unspecified atom stereocenters. The van der Waals surface area contributed by atoms with Gasteiger partial charge in [0, 0.05) is 5.69 Å². The molecule has 1 heterocycles. The summed E-state index contributed by atoms with van der Waals surface area (Å²) in [5.74, 6) is 0.171. The second-order valence-corrected chi connectivity index (χ2v) is 7.71. The van der Waals surface area contributed by atoms with Crippen LogP contribution in [0.2, 0.25) is 0 Å². The molecule has 0 aromatic heterocycles. The number of para-hydroxylation sites is 1. The number of ether oxygens (including phenoxy) is 4. The summed E-state index contributed by atoms with van der Waals surface area (Å²) in [6.45, 7) is 1.37. The van der Waals surface area contributed by atoms with Crippen molar-refractivity contribution in [1.29, 1.82) is 0 Å². The standard InChI is InChI=1S/C26H24FNO6/c1-17(33-23(29)16-32-22-6-4-3-5-7-22)25-24(18-8-14-21(31-2)15-9-18)28(26(30)34-25)20-12-10-19(27)11-13-20/h3-15,17,24-25H,16H2,1-2H3/t17?,24-,25-/m1/s1. The predicted molar refractivity (Wildman–Crippen MR) is 122 cm³/mol. The Kier molecular flexibility index (Phi) is 6.96. The zero-order chi connectivity index (χ0) is 24.1. The van der Waals surface area contributed by atoms with Crippen LogP contribution in [0.4, 0.5) is 14.9 Å². The zero-order valence-electron chi connectivity index (χ0n) is 18.7. The van der Waals surface area contributed by atoms with Gasteiger partial charge in [0.2, 0.25) is 0 Å². The fraction of sp³-hybridized carbons (Fsp3) is 0.231. The SMILES string of the molecule is COc1ccc([C@@H]2[C@@H](C(C)OC(=O)COc3ccccc3)OC(=O)N2c2ccc(F)cc2)cc1. The number of cyclic esters (lactones) is 1.